The van der Waals surface area contributed by atoms with Crippen molar-refractivity contribution in [1.29, 1.82) is 0 Å². The van der Waals surface area contributed by atoms with E-state index in [0.29, 0.717) is 0 Å². The van der Waals surface area contributed by atoms with Crippen molar-refractivity contribution in [2.75, 3.05) is 0 Å². The van der Waals surface area contributed by atoms with Crippen molar-refractivity contribution in [3.05, 3.63) is 163 Å². The van der Waals surface area contributed by atoms with Crippen molar-refractivity contribution in [3.63, 3.8) is 0 Å². The van der Waals surface area contributed by atoms with Gasteiger partial charge < -0.3 is 0 Å². The Morgan fingerprint density at radius 3 is 1.93 bits per heavy atom. The minimum atomic E-state index is 0.924. The Morgan fingerprint density at radius 1 is 0.619 bits per heavy atom. The fourth-order valence-electron chi connectivity index (χ4n) is 6.10. The molecule has 200 valence electrons. The molecular formula is C40H30N2. The van der Waals surface area contributed by atoms with Gasteiger partial charge in [-0.3, -0.25) is 4.57 Å². The Bertz CT molecular complexity index is 2080. The van der Waals surface area contributed by atoms with Gasteiger partial charge in [0.05, 0.1) is 11.0 Å². The second kappa shape index (κ2) is 10.8. The van der Waals surface area contributed by atoms with E-state index in [1.807, 2.05) is 12.2 Å². The summed E-state index contributed by atoms with van der Waals surface area (Å²) in [7, 11) is 0. The lowest BCUT2D eigenvalue weighted by Crippen LogP contribution is -1.99. The van der Waals surface area contributed by atoms with E-state index in [1.54, 1.807) is 0 Å². The molecule has 1 heterocycles. The summed E-state index contributed by atoms with van der Waals surface area (Å²) in [6, 6.07) is 47.1. The van der Waals surface area contributed by atoms with Gasteiger partial charge in [-0.15, -0.1) is 0 Å². The van der Waals surface area contributed by atoms with E-state index >= 15 is 0 Å². The van der Waals surface area contributed by atoms with Gasteiger partial charge in [-0.05, 0) is 81.4 Å². The van der Waals surface area contributed by atoms with Crippen molar-refractivity contribution in [3.8, 4) is 39.3 Å². The maximum absolute atomic E-state index is 5.17. The first-order valence-electron chi connectivity index (χ1n) is 14.3. The van der Waals surface area contributed by atoms with Crippen LogP contribution in [0, 0.1) is 6.92 Å². The summed E-state index contributed by atoms with van der Waals surface area (Å²) in [5.41, 5.74) is 11.5. The van der Waals surface area contributed by atoms with Crippen molar-refractivity contribution < 1.29 is 0 Å². The largest absolute Gasteiger partial charge is 0.292 e. The standard InChI is InChI=1S/C40H30N2/c1-3-4-22-33-28(2)38(29-16-8-5-9-17-29)34-26-25-31(27-35(34)39(33)30-18-10-6-11-19-30)40-41-36-23-14-15-24-37(36)42(40)32-20-12-7-13-21-32/h3-27H,1H2,2H3/b22-4-. The van der Waals surface area contributed by atoms with Crippen LogP contribution in [0.3, 0.4) is 0 Å². The second-order valence-corrected chi connectivity index (χ2v) is 10.5. The molecule has 7 rings (SSSR count). The number of para-hydroxylation sites is 3. The predicted octanol–water partition coefficient (Wildman–Crippen LogP) is 10.7. The molecule has 2 heteroatoms. The smallest absolute Gasteiger partial charge is 0.145 e. The van der Waals surface area contributed by atoms with E-state index < -0.39 is 0 Å². The van der Waals surface area contributed by atoms with Crippen molar-refractivity contribution >= 4 is 27.9 Å². The number of hydrogen-bond donors (Lipinski definition) is 0. The molecule has 0 aliphatic carbocycles. The first-order valence-corrected chi connectivity index (χ1v) is 14.3. The zero-order chi connectivity index (χ0) is 28.5. The highest BCUT2D eigenvalue weighted by Gasteiger charge is 2.20. The maximum Gasteiger partial charge on any atom is 0.145 e. The third-order valence-electron chi connectivity index (χ3n) is 7.96. The van der Waals surface area contributed by atoms with E-state index in [-0.39, 0.29) is 0 Å². The van der Waals surface area contributed by atoms with Crippen molar-refractivity contribution in [2.24, 2.45) is 0 Å². The van der Waals surface area contributed by atoms with Gasteiger partial charge in [-0.1, -0.05) is 128 Å². The molecule has 0 atom stereocenters. The average Bonchev–Trinajstić information content (AvgIpc) is 3.44. The number of aromatic nitrogens is 2. The third-order valence-corrected chi connectivity index (χ3v) is 7.96. The molecular weight excluding hydrogens is 508 g/mol. The van der Waals surface area contributed by atoms with E-state index in [4.69, 9.17) is 4.98 Å². The molecule has 0 unspecified atom stereocenters. The predicted molar refractivity (Wildman–Crippen MR) is 179 cm³/mol. The average molecular weight is 539 g/mol. The molecule has 0 amide bonds. The molecule has 7 aromatic rings. The Labute approximate surface area is 246 Å². The Hall–Kier alpha value is -5.47. The molecule has 0 saturated carbocycles. The van der Waals surface area contributed by atoms with Gasteiger partial charge in [0.2, 0.25) is 0 Å². The number of allylic oxidation sites excluding steroid dienone is 2. The summed E-state index contributed by atoms with van der Waals surface area (Å²) in [6.07, 6.45) is 6.08. The number of nitrogens with zero attached hydrogens (tertiary/aromatic N) is 2. The highest BCUT2D eigenvalue weighted by atomic mass is 15.1. The number of fused-ring (bicyclic) bond motifs is 2. The maximum atomic E-state index is 5.17. The zero-order valence-electron chi connectivity index (χ0n) is 23.5. The van der Waals surface area contributed by atoms with Crippen LogP contribution in [0.2, 0.25) is 0 Å². The first kappa shape index (κ1) is 25.5. The van der Waals surface area contributed by atoms with Crippen LogP contribution in [-0.4, -0.2) is 9.55 Å². The summed E-state index contributed by atoms with van der Waals surface area (Å²) in [4.78, 5) is 5.17. The van der Waals surface area contributed by atoms with Gasteiger partial charge in [0.1, 0.15) is 5.82 Å². The van der Waals surface area contributed by atoms with Crippen LogP contribution in [0.1, 0.15) is 11.1 Å². The molecule has 0 radical (unpaired) electrons. The lowest BCUT2D eigenvalue weighted by molar-refractivity contribution is 1.10. The zero-order valence-corrected chi connectivity index (χ0v) is 23.5. The van der Waals surface area contributed by atoms with E-state index in [9.17, 15) is 0 Å². The summed E-state index contributed by atoms with van der Waals surface area (Å²) in [6.45, 7) is 6.20. The van der Waals surface area contributed by atoms with E-state index in [2.05, 4.69) is 158 Å². The van der Waals surface area contributed by atoms with Crippen molar-refractivity contribution in [1.82, 2.24) is 9.55 Å². The normalized spacial score (nSPS) is 11.5. The molecule has 0 saturated heterocycles. The monoisotopic (exact) mass is 538 g/mol. The minimum Gasteiger partial charge on any atom is -0.292 e. The number of imidazole rings is 1. The molecule has 2 nitrogen and oxygen atoms in total. The minimum absolute atomic E-state index is 0.924. The fraction of sp³-hybridized carbons (Fsp3) is 0.0250. The SMILES string of the molecule is C=C/C=C\c1c(C)c(-c2ccccc2)c2ccc(-c3nc4ccccc4n3-c3ccccc3)cc2c1-c1ccccc1. The van der Waals surface area contributed by atoms with Gasteiger partial charge in [0.15, 0.2) is 0 Å². The molecule has 0 aliphatic heterocycles. The van der Waals surface area contributed by atoms with Gasteiger partial charge >= 0.3 is 0 Å². The third kappa shape index (κ3) is 4.34. The van der Waals surface area contributed by atoms with Crippen LogP contribution in [0.25, 0.3) is 67.2 Å². The molecule has 42 heavy (non-hydrogen) atoms. The summed E-state index contributed by atoms with van der Waals surface area (Å²) >= 11 is 0. The van der Waals surface area contributed by atoms with Gasteiger partial charge in [0, 0.05) is 11.3 Å². The summed E-state index contributed by atoms with van der Waals surface area (Å²) in [5.74, 6) is 0.924. The highest BCUT2D eigenvalue weighted by molar-refractivity contribution is 6.11. The highest BCUT2D eigenvalue weighted by Crippen LogP contribution is 2.44. The number of hydrogen-bond acceptors (Lipinski definition) is 1. The van der Waals surface area contributed by atoms with Crippen LogP contribution in [0.4, 0.5) is 0 Å². The van der Waals surface area contributed by atoms with Gasteiger partial charge in [-0.2, -0.15) is 0 Å². The molecule has 0 N–H and O–H groups in total. The fourth-order valence-corrected chi connectivity index (χ4v) is 6.10. The van der Waals surface area contributed by atoms with Crippen molar-refractivity contribution in [2.45, 2.75) is 6.92 Å². The lowest BCUT2D eigenvalue weighted by atomic mass is 9.83. The molecule has 0 bridgehead atoms. The number of benzene rings is 6. The van der Waals surface area contributed by atoms with Crippen LogP contribution in [0.5, 0.6) is 0 Å². The lowest BCUT2D eigenvalue weighted by Gasteiger charge is -2.21. The summed E-state index contributed by atoms with van der Waals surface area (Å²) in [5, 5.41) is 2.41. The van der Waals surface area contributed by atoms with Gasteiger partial charge in [0.25, 0.3) is 0 Å². The van der Waals surface area contributed by atoms with Crippen LogP contribution >= 0.6 is 0 Å². The number of rotatable bonds is 6. The van der Waals surface area contributed by atoms with Crippen LogP contribution in [-0.2, 0) is 0 Å². The topological polar surface area (TPSA) is 17.8 Å². The Morgan fingerprint density at radius 2 is 1.24 bits per heavy atom. The van der Waals surface area contributed by atoms with E-state index in [1.165, 1.54) is 44.2 Å². The molecule has 0 aliphatic rings. The quantitative estimate of drug-likeness (QED) is 0.193. The van der Waals surface area contributed by atoms with Crippen LogP contribution in [0.15, 0.2) is 152 Å². The Kier molecular flexibility index (Phi) is 6.58. The molecule has 0 spiro atoms. The van der Waals surface area contributed by atoms with Crippen LogP contribution < -0.4 is 0 Å². The molecule has 6 aromatic carbocycles. The van der Waals surface area contributed by atoms with Gasteiger partial charge in [-0.25, -0.2) is 4.98 Å². The first-order chi connectivity index (χ1) is 20.7. The molecule has 0 fully saturated rings. The second-order valence-electron chi connectivity index (χ2n) is 10.5. The Balaban J connectivity index is 1.61. The summed E-state index contributed by atoms with van der Waals surface area (Å²) < 4.78 is 2.27. The van der Waals surface area contributed by atoms with E-state index in [0.717, 1.165) is 28.1 Å². The molecule has 1 aromatic heterocycles.